The van der Waals surface area contributed by atoms with Crippen molar-refractivity contribution in [1.82, 2.24) is 10.2 Å². The largest absolute Gasteiger partial charge is 0.393 e. The van der Waals surface area contributed by atoms with E-state index in [4.69, 9.17) is 0 Å². The van der Waals surface area contributed by atoms with E-state index in [0.717, 1.165) is 0 Å². The van der Waals surface area contributed by atoms with Crippen molar-refractivity contribution >= 4 is 11.8 Å². The number of hydrogen-bond donors (Lipinski definition) is 1. The van der Waals surface area contributed by atoms with Crippen molar-refractivity contribution < 1.29 is 31.5 Å². The van der Waals surface area contributed by atoms with Crippen molar-refractivity contribution in [2.75, 3.05) is 0 Å². The predicted molar refractivity (Wildman–Crippen MR) is 111 cm³/mol. The quantitative estimate of drug-likeness (QED) is 0.618. The van der Waals surface area contributed by atoms with Crippen LogP contribution < -0.4 is 5.32 Å². The zero-order chi connectivity index (χ0) is 23.8. The fraction of sp³-hybridized carbons (Fsp3) is 0.417. The smallest absolute Gasteiger partial charge is 0.350 e. The molecule has 2 aromatic rings. The summed E-state index contributed by atoms with van der Waals surface area (Å²) >= 11 is 0. The molecule has 9 heteroatoms. The molecule has 0 spiro atoms. The number of nitrogens with zero attached hydrogens (tertiary/aromatic N) is 1. The molecule has 1 unspecified atom stereocenters. The highest BCUT2D eigenvalue weighted by Crippen LogP contribution is 2.42. The van der Waals surface area contributed by atoms with Crippen LogP contribution in [0.4, 0.5) is 22.0 Å². The number of hydrogen-bond acceptors (Lipinski definition) is 2. The first kappa shape index (κ1) is 23.2. The van der Waals surface area contributed by atoms with Gasteiger partial charge in [-0.2, -0.15) is 13.2 Å². The fourth-order valence-electron chi connectivity index (χ4n) is 4.58. The third kappa shape index (κ3) is 5.17. The van der Waals surface area contributed by atoms with Crippen LogP contribution in [0.1, 0.15) is 58.8 Å². The van der Waals surface area contributed by atoms with Gasteiger partial charge in [-0.1, -0.05) is 42.5 Å². The first-order valence-electron chi connectivity index (χ1n) is 10.8. The van der Waals surface area contributed by atoms with Crippen LogP contribution in [0, 0.1) is 0 Å². The number of halogens is 5. The summed E-state index contributed by atoms with van der Waals surface area (Å²) in [5, 5.41) is 2.75. The minimum Gasteiger partial charge on any atom is -0.350 e. The van der Waals surface area contributed by atoms with Crippen LogP contribution in [0.3, 0.4) is 0 Å². The van der Waals surface area contributed by atoms with Gasteiger partial charge in [-0.15, -0.1) is 0 Å². The Labute approximate surface area is 187 Å². The maximum absolute atomic E-state index is 13.7. The van der Waals surface area contributed by atoms with Crippen molar-refractivity contribution in [3.63, 3.8) is 0 Å². The second-order valence-corrected chi connectivity index (χ2v) is 8.62. The van der Waals surface area contributed by atoms with Crippen LogP contribution in [0.15, 0.2) is 48.5 Å². The molecule has 0 bridgehead atoms. The minimum atomic E-state index is -4.30. The van der Waals surface area contributed by atoms with Gasteiger partial charge in [0.2, 0.25) is 11.8 Å². The number of rotatable bonds is 5. The van der Waals surface area contributed by atoms with Crippen LogP contribution in [0.25, 0.3) is 0 Å². The molecule has 1 fully saturated rings. The predicted octanol–water partition coefficient (Wildman–Crippen LogP) is 5.18. The van der Waals surface area contributed by atoms with Gasteiger partial charge < -0.3 is 10.2 Å². The molecule has 2 amide bonds. The number of carbonyl (C=O) groups excluding carboxylic acids is 2. The summed E-state index contributed by atoms with van der Waals surface area (Å²) in [6.07, 6.45) is -5.79. The maximum atomic E-state index is 13.7. The highest BCUT2D eigenvalue weighted by molar-refractivity contribution is 6.04. The van der Waals surface area contributed by atoms with Crippen LogP contribution in [-0.2, 0) is 17.8 Å². The first-order chi connectivity index (χ1) is 15.5. The molecule has 0 saturated heterocycles. The van der Waals surface area contributed by atoms with Crippen molar-refractivity contribution in [1.29, 1.82) is 0 Å². The monoisotopic (exact) mass is 466 g/mol. The molecule has 176 valence electrons. The molecular weight excluding hydrogens is 443 g/mol. The number of alkyl halides is 5. The SMILES string of the molecule is O=C(NCc1ccc(CC(F)(F)F)cc1)C1c2ccccc2C(=O)N1C1CCC(F)(F)CC1. The Kier molecular flexibility index (Phi) is 6.16. The molecule has 2 aliphatic rings. The Morgan fingerprint density at radius 2 is 1.61 bits per heavy atom. The highest BCUT2D eigenvalue weighted by atomic mass is 19.4. The average molecular weight is 466 g/mol. The van der Waals surface area contributed by atoms with Crippen molar-refractivity contribution in [2.45, 2.75) is 62.8 Å². The molecule has 33 heavy (non-hydrogen) atoms. The lowest BCUT2D eigenvalue weighted by Crippen LogP contribution is -2.47. The van der Waals surface area contributed by atoms with Gasteiger partial charge in [-0.3, -0.25) is 9.59 Å². The number of nitrogens with one attached hydrogen (secondary N) is 1. The van der Waals surface area contributed by atoms with Crippen molar-refractivity contribution in [3.05, 3.63) is 70.8 Å². The number of fused-ring (bicyclic) bond motifs is 1. The fourth-order valence-corrected chi connectivity index (χ4v) is 4.58. The van der Waals surface area contributed by atoms with Gasteiger partial charge in [0, 0.05) is 31.0 Å². The Bertz CT molecular complexity index is 1030. The molecular formula is C24H23F5N2O2. The molecule has 1 heterocycles. The van der Waals surface area contributed by atoms with Gasteiger partial charge in [0.15, 0.2) is 0 Å². The molecule has 4 rings (SSSR count). The van der Waals surface area contributed by atoms with Crippen LogP contribution in [0.5, 0.6) is 0 Å². The van der Waals surface area contributed by atoms with Crippen LogP contribution in [-0.4, -0.2) is 34.9 Å². The van der Waals surface area contributed by atoms with E-state index in [9.17, 15) is 31.5 Å². The van der Waals surface area contributed by atoms with E-state index in [0.29, 0.717) is 16.7 Å². The minimum absolute atomic E-state index is 0.0641. The van der Waals surface area contributed by atoms with E-state index < -0.39 is 36.5 Å². The number of carbonyl (C=O) groups is 2. The summed E-state index contributed by atoms with van der Waals surface area (Å²) in [7, 11) is 0. The van der Waals surface area contributed by atoms with Gasteiger partial charge in [-0.25, -0.2) is 8.78 Å². The highest BCUT2D eigenvalue weighted by Gasteiger charge is 2.47. The third-order valence-electron chi connectivity index (χ3n) is 6.22. The molecule has 2 aromatic carbocycles. The number of amides is 2. The lowest BCUT2D eigenvalue weighted by molar-refractivity contribution is -0.128. The zero-order valence-electron chi connectivity index (χ0n) is 17.7. The molecule has 1 atom stereocenters. The van der Waals surface area contributed by atoms with Crippen LogP contribution in [0.2, 0.25) is 0 Å². The van der Waals surface area contributed by atoms with E-state index in [1.165, 1.54) is 29.2 Å². The zero-order valence-corrected chi connectivity index (χ0v) is 17.7. The Morgan fingerprint density at radius 3 is 2.24 bits per heavy atom. The van der Waals surface area contributed by atoms with Crippen molar-refractivity contribution in [2.24, 2.45) is 0 Å². The Balaban J connectivity index is 1.49. The van der Waals surface area contributed by atoms with Gasteiger partial charge in [0.1, 0.15) is 6.04 Å². The van der Waals surface area contributed by atoms with E-state index in [1.807, 2.05) is 0 Å². The van der Waals surface area contributed by atoms with E-state index in [-0.39, 0.29) is 43.7 Å². The van der Waals surface area contributed by atoms with Crippen molar-refractivity contribution in [3.8, 4) is 0 Å². The van der Waals surface area contributed by atoms with Gasteiger partial charge in [0.05, 0.1) is 6.42 Å². The van der Waals surface area contributed by atoms with E-state index in [1.54, 1.807) is 24.3 Å². The summed E-state index contributed by atoms with van der Waals surface area (Å²) in [6, 6.07) is 11.0. The Hall–Kier alpha value is -2.97. The van der Waals surface area contributed by atoms with Gasteiger partial charge in [-0.05, 0) is 35.6 Å². The molecule has 1 saturated carbocycles. The summed E-state index contributed by atoms with van der Waals surface area (Å²) in [5.74, 6) is -3.57. The molecule has 4 nitrogen and oxygen atoms in total. The second-order valence-electron chi connectivity index (χ2n) is 8.62. The lowest BCUT2D eigenvalue weighted by Gasteiger charge is -2.37. The lowest BCUT2D eigenvalue weighted by atomic mass is 9.90. The molecule has 0 aromatic heterocycles. The van der Waals surface area contributed by atoms with E-state index >= 15 is 0 Å². The average Bonchev–Trinajstić information content (AvgIpc) is 3.05. The third-order valence-corrected chi connectivity index (χ3v) is 6.22. The number of benzene rings is 2. The standard InChI is InChI=1S/C24H23F5N2O2/c25-23(26)11-9-17(10-12-23)31-20(18-3-1-2-4-19(18)22(31)33)21(32)30-14-16-7-5-15(6-8-16)13-24(27,28)29/h1-8,17,20H,9-14H2,(H,30,32). The molecule has 0 radical (unpaired) electrons. The summed E-state index contributed by atoms with van der Waals surface area (Å²) < 4.78 is 64.9. The molecule has 1 N–H and O–H groups in total. The van der Waals surface area contributed by atoms with Gasteiger partial charge >= 0.3 is 6.18 Å². The second kappa shape index (κ2) is 8.76. The maximum Gasteiger partial charge on any atom is 0.393 e. The molecule has 1 aliphatic heterocycles. The van der Waals surface area contributed by atoms with E-state index in [2.05, 4.69) is 5.32 Å². The normalized spacial score (nSPS) is 20.6. The first-order valence-corrected chi connectivity index (χ1v) is 10.8. The Morgan fingerprint density at radius 1 is 1.00 bits per heavy atom. The van der Waals surface area contributed by atoms with Gasteiger partial charge in [0.25, 0.3) is 5.91 Å². The summed E-state index contributed by atoms with van der Waals surface area (Å²) in [6.45, 7) is 0.0641. The van der Waals surface area contributed by atoms with Crippen LogP contribution >= 0.6 is 0 Å². The molecule has 1 aliphatic carbocycles. The topological polar surface area (TPSA) is 49.4 Å². The summed E-state index contributed by atoms with van der Waals surface area (Å²) in [5.41, 5.74) is 1.63. The summed E-state index contributed by atoms with van der Waals surface area (Å²) in [4.78, 5) is 27.6.